The number of hydrogen-bond acceptors (Lipinski definition) is 0. The van der Waals surface area contributed by atoms with Crippen LogP contribution in [0, 0.1) is 0 Å². The van der Waals surface area contributed by atoms with E-state index in [-0.39, 0.29) is 52.1 Å². The van der Waals surface area contributed by atoms with Crippen molar-refractivity contribution >= 4 is 74.1 Å². The molecule has 8 aromatic rings. The second-order valence-electron chi connectivity index (χ2n) is 16.1. The molecule has 0 saturated carbocycles. The van der Waals surface area contributed by atoms with E-state index in [1.807, 2.05) is 0 Å². The molecule has 0 nitrogen and oxygen atoms in total. The van der Waals surface area contributed by atoms with Gasteiger partial charge in [-0.1, -0.05) is 268 Å². The molecule has 8 aromatic carbocycles. The van der Waals surface area contributed by atoms with E-state index in [0.717, 1.165) is 0 Å². The first-order valence-electron chi connectivity index (χ1n) is 23.3. The first-order valence-corrected chi connectivity index (χ1v) is 29.4. The van der Waals surface area contributed by atoms with Gasteiger partial charge in [-0.15, -0.1) is 0 Å². The molecule has 0 unspecified atom stereocenters. The zero-order valence-electron chi connectivity index (χ0n) is 37.7. The van der Waals surface area contributed by atoms with Crippen LogP contribution in [0.25, 0.3) is 0 Å². The van der Waals surface area contributed by atoms with Crippen molar-refractivity contribution < 1.29 is 20.4 Å². The van der Waals surface area contributed by atoms with Crippen LogP contribution in [0.2, 0.25) is 0 Å². The van der Waals surface area contributed by atoms with Crippen LogP contribution in [0.3, 0.4) is 0 Å². The van der Waals surface area contributed by atoms with Crippen molar-refractivity contribution in [2.75, 3.05) is 24.6 Å². The van der Waals surface area contributed by atoms with Crippen LogP contribution in [0.1, 0.15) is 51.4 Å². The van der Waals surface area contributed by atoms with Crippen molar-refractivity contribution in [1.82, 2.24) is 0 Å². The minimum atomic E-state index is -0.252. The van der Waals surface area contributed by atoms with Crippen LogP contribution in [0.15, 0.2) is 243 Å². The summed E-state index contributed by atoms with van der Waals surface area (Å²) in [6.45, 7) is 0. The molecule has 0 aliphatic rings. The smallest absolute Gasteiger partial charge is 0 e. The molecule has 0 amide bonds. The van der Waals surface area contributed by atoms with E-state index >= 15 is 0 Å². The normalized spacial score (nSPS) is 11.0. The van der Waals surface area contributed by atoms with Gasteiger partial charge in [0, 0.05) is 20.4 Å². The summed E-state index contributed by atoms with van der Waals surface area (Å²) in [6, 6.07) is 88.9. The van der Waals surface area contributed by atoms with E-state index in [9.17, 15) is 0 Å². The van der Waals surface area contributed by atoms with Crippen molar-refractivity contribution in [2.45, 2.75) is 51.4 Å². The third-order valence-corrected chi connectivity index (χ3v) is 22.0. The number of benzene rings is 8. The maximum atomic E-state index is 2.31. The Balaban J connectivity index is 0.000000212. The second kappa shape index (κ2) is 29.7. The van der Waals surface area contributed by atoms with E-state index < -0.39 is 0 Å². The molecule has 0 spiro atoms. The van der Waals surface area contributed by atoms with Crippen molar-refractivity contribution in [3.05, 3.63) is 243 Å². The van der Waals surface area contributed by atoms with E-state index in [1.165, 1.54) is 118 Å². The SMILES string of the molecule is [Pd].c1ccc(P(CCCCCCP(c2ccccc2)c2ccccc2)c2ccccc2)cc1.c1ccc(P(CCCCCCP(c2ccccc2)c2ccccc2)c2ccccc2)cc1. The minimum Gasteiger partial charge on any atom is -0.0622 e. The van der Waals surface area contributed by atoms with Gasteiger partial charge >= 0.3 is 0 Å². The Morgan fingerprint density at radius 3 is 0.415 bits per heavy atom. The summed E-state index contributed by atoms with van der Waals surface area (Å²) in [5.74, 6) is 0. The van der Waals surface area contributed by atoms with Crippen molar-refractivity contribution in [2.24, 2.45) is 0 Å². The van der Waals surface area contributed by atoms with Crippen LogP contribution < -0.4 is 42.4 Å². The summed E-state index contributed by atoms with van der Waals surface area (Å²) in [5.41, 5.74) is 0. The minimum absolute atomic E-state index is 0. The topological polar surface area (TPSA) is 0 Å². The fourth-order valence-corrected chi connectivity index (χ4v) is 18.0. The summed E-state index contributed by atoms with van der Waals surface area (Å²) in [6.07, 6.45) is 15.7. The first kappa shape index (κ1) is 50.6. The predicted molar refractivity (Wildman–Crippen MR) is 293 cm³/mol. The summed E-state index contributed by atoms with van der Waals surface area (Å²) >= 11 is 0. The van der Waals surface area contributed by atoms with Crippen LogP contribution in [-0.2, 0) is 20.4 Å². The number of hydrogen-bond donors (Lipinski definition) is 0. The average molecular weight is 1020 g/mol. The van der Waals surface area contributed by atoms with Gasteiger partial charge in [0.15, 0.2) is 0 Å². The molecule has 0 bridgehead atoms. The van der Waals surface area contributed by atoms with E-state index in [1.54, 1.807) is 0 Å². The summed E-state index contributed by atoms with van der Waals surface area (Å²) in [5, 5.41) is 12.0. The summed E-state index contributed by atoms with van der Waals surface area (Å²) in [4.78, 5) is 0. The van der Waals surface area contributed by atoms with E-state index in [2.05, 4.69) is 243 Å². The van der Waals surface area contributed by atoms with Crippen molar-refractivity contribution in [1.29, 1.82) is 0 Å². The Labute approximate surface area is 410 Å². The fourth-order valence-electron chi connectivity index (χ4n) is 8.28. The van der Waals surface area contributed by atoms with Gasteiger partial charge in [-0.2, -0.15) is 0 Å². The first-order chi connectivity index (χ1) is 31.8. The molecule has 8 rings (SSSR count). The van der Waals surface area contributed by atoms with E-state index in [4.69, 9.17) is 0 Å². The second-order valence-corrected chi connectivity index (χ2v) is 25.5. The quantitative estimate of drug-likeness (QED) is 0.0361. The fraction of sp³-hybridized carbons (Fsp3) is 0.200. The molecule has 0 aromatic heterocycles. The largest absolute Gasteiger partial charge is 0.0622 e. The number of rotatable bonds is 22. The zero-order chi connectivity index (χ0) is 43.7. The Morgan fingerprint density at radius 2 is 0.292 bits per heavy atom. The average Bonchev–Trinajstić information content (AvgIpc) is 3.38. The molecule has 5 heteroatoms. The summed E-state index contributed by atoms with van der Waals surface area (Å²) in [7, 11) is -1.01. The standard InChI is InChI=1S/2C30H32P2.Pd/c2*1(15-25-31(27-17-7-3-8-18-27)28-19-9-4-10-20-28)2-16-26-32(29-21-11-5-12-22-29)30-23-13-6-14-24-30;/h2*3-14,17-24H,1-2,15-16,25-26H2;. The molecule has 0 saturated heterocycles. The Hall–Kier alpha value is -3.86. The number of unbranched alkanes of at least 4 members (excludes halogenated alkanes) is 6. The molecule has 65 heavy (non-hydrogen) atoms. The van der Waals surface area contributed by atoms with Crippen LogP contribution in [0.4, 0.5) is 0 Å². The molecule has 334 valence electrons. The molecule has 0 atom stereocenters. The third-order valence-electron chi connectivity index (χ3n) is 11.6. The Bertz CT molecular complexity index is 1880. The molecule has 0 radical (unpaired) electrons. The van der Waals surface area contributed by atoms with E-state index in [0.29, 0.717) is 0 Å². The monoisotopic (exact) mass is 1010 g/mol. The maximum absolute atomic E-state index is 2.31. The van der Waals surface area contributed by atoms with Gasteiger partial charge in [-0.25, -0.2) is 0 Å². The van der Waals surface area contributed by atoms with Crippen LogP contribution >= 0.6 is 31.7 Å². The molecular weight excluding hydrogens is 951 g/mol. The molecule has 0 aliphatic carbocycles. The predicted octanol–water partition coefficient (Wildman–Crippen LogP) is 13.6. The molecule has 0 heterocycles. The Kier molecular flexibility index (Phi) is 23.1. The molecule has 0 N–H and O–H groups in total. The van der Waals surface area contributed by atoms with Gasteiger partial charge in [0.05, 0.1) is 0 Å². The van der Waals surface area contributed by atoms with Crippen molar-refractivity contribution in [3.63, 3.8) is 0 Å². The third kappa shape index (κ3) is 16.8. The maximum Gasteiger partial charge on any atom is 0 e. The summed E-state index contributed by atoms with van der Waals surface area (Å²) < 4.78 is 0. The van der Waals surface area contributed by atoms with Gasteiger partial charge < -0.3 is 0 Å². The van der Waals surface area contributed by atoms with Gasteiger partial charge in [-0.05, 0) is 124 Å². The molecule has 0 fully saturated rings. The zero-order valence-corrected chi connectivity index (χ0v) is 42.8. The Morgan fingerprint density at radius 1 is 0.169 bits per heavy atom. The van der Waals surface area contributed by atoms with Gasteiger partial charge in [-0.3, -0.25) is 0 Å². The van der Waals surface area contributed by atoms with Gasteiger partial charge in [0.1, 0.15) is 0 Å². The molecular formula is C60H64P4Pd. The van der Waals surface area contributed by atoms with Gasteiger partial charge in [0.2, 0.25) is 0 Å². The van der Waals surface area contributed by atoms with Crippen molar-refractivity contribution in [3.8, 4) is 0 Å². The van der Waals surface area contributed by atoms with Crippen LogP contribution in [-0.4, -0.2) is 24.6 Å². The van der Waals surface area contributed by atoms with Crippen LogP contribution in [0.5, 0.6) is 0 Å². The van der Waals surface area contributed by atoms with Gasteiger partial charge in [0.25, 0.3) is 0 Å². The molecule has 0 aliphatic heterocycles.